The molecule has 0 aliphatic rings. The number of hydrogen-bond acceptors (Lipinski definition) is 6. The zero-order chi connectivity index (χ0) is 21.7. The third kappa shape index (κ3) is 5.22. The molecule has 30 heavy (non-hydrogen) atoms. The van der Waals surface area contributed by atoms with Crippen molar-refractivity contribution in [1.82, 2.24) is 10.3 Å². The monoisotopic (exact) mass is 445 g/mol. The number of aromatic nitrogens is 1. The summed E-state index contributed by atoms with van der Waals surface area (Å²) >= 11 is 1.35. The molecule has 0 spiro atoms. The smallest absolute Gasteiger partial charge is 0.404 e. The van der Waals surface area contributed by atoms with Gasteiger partial charge in [-0.05, 0) is 55.3 Å². The second kappa shape index (κ2) is 9.06. The van der Waals surface area contributed by atoms with Gasteiger partial charge in [0.1, 0.15) is 0 Å². The van der Waals surface area contributed by atoms with Crippen LogP contribution in [-0.2, 0) is 16.3 Å². The number of aryl methyl sites for hydroxylation is 1. The Morgan fingerprint density at radius 2 is 1.63 bits per heavy atom. The summed E-state index contributed by atoms with van der Waals surface area (Å²) in [6.45, 7) is 2.12. The minimum atomic E-state index is -3.74. The summed E-state index contributed by atoms with van der Waals surface area (Å²) < 4.78 is 25.6. The Morgan fingerprint density at radius 1 is 1.03 bits per heavy atom. The van der Waals surface area contributed by atoms with Crippen molar-refractivity contribution in [1.29, 1.82) is 0 Å². The van der Waals surface area contributed by atoms with Crippen LogP contribution in [0.25, 0.3) is 0 Å². The molecule has 0 aliphatic heterocycles. The van der Waals surface area contributed by atoms with Crippen LogP contribution in [0.3, 0.4) is 0 Å². The van der Waals surface area contributed by atoms with E-state index in [2.05, 4.69) is 15.6 Å². The van der Waals surface area contributed by atoms with Gasteiger partial charge >= 0.3 is 6.09 Å². The van der Waals surface area contributed by atoms with E-state index >= 15 is 0 Å². The molecule has 1 heterocycles. The van der Waals surface area contributed by atoms with Crippen molar-refractivity contribution >= 4 is 38.3 Å². The lowest BCUT2D eigenvalue weighted by Crippen LogP contribution is -2.23. The largest absolute Gasteiger partial charge is 0.465 e. The summed E-state index contributed by atoms with van der Waals surface area (Å²) in [5, 5.41) is 14.0. The second-order valence-electron chi connectivity index (χ2n) is 6.38. The van der Waals surface area contributed by atoms with Crippen LogP contribution in [0.15, 0.2) is 64.5 Å². The van der Waals surface area contributed by atoms with E-state index in [1.54, 1.807) is 18.3 Å². The maximum absolute atomic E-state index is 12.8. The van der Waals surface area contributed by atoms with Crippen LogP contribution in [-0.4, -0.2) is 37.1 Å². The van der Waals surface area contributed by atoms with Gasteiger partial charge in [0.2, 0.25) is 9.84 Å². The molecule has 0 aliphatic carbocycles. The van der Waals surface area contributed by atoms with Gasteiger partial charge in [-0.3, -0.25) is 10.1 Å². The molecule has 0 unspecified atom stereocenters. The molecule has 0 atom stereocenters. The van der Waals surface area contributed by atoms with Crippen LogP contribution in [0.5, 0.6) is 0 Å². The predicted molar refractivity (Wildman–Crippen MR) is 113 cm³/mol. The van der Waals surface area contributed by atoms with Crippen molar-refractivity contribution in [2.75, 3.05) is 11.9 Å². The molecule has 3 aromatic rings. The molecule has 2 aromatic carbocycles. The molecule has 8 nitrogen and oxygen atoms in total. The Hall–Kier alpha value is -3.24. The number of nitrogens with one attached hydrogen (secondary N) is 2. The van der Waals surface area contributed by atoms with Crippen LogP contribution in [0.2, 0.25) is 0 Å². The van der Waals surface area contributed by atoms with E-state index in [1.165, 1.54) is 47.7 Å². The second-order valence-corrected chi connectivity index (χ2v) is 9.57. The number of anilines is 1. The Bertz CT molecular complexity index is 1150. The number of amides is 2. The molecule has 0 radical (unpaired) electrons. The number of rotatable bonds is 7. The first-order valence-corrected chi connectivity index (χ1v) is 11.2. The number of hydrogen-bond donors (Lipinski definition) is 3. The maximum Gasteiger partial charge on any atom is 0.404 e. The minimum Gasteiger partial charge on any atom is -0.465 e. The minimum absolute atomic E-state index is 0.0736. The molecular weight excluding hydrogens is 426 g/mol. The number of nitrogens with zero attached hydrogens (tertiary/aromatic N) is 1. The first-order chi connectivity index (χ1) is 14.3. The van der Waals surface area contributed by atoms with E-state index in [0.717, 1.165) is 10.4 Å². The molecule has 2 amide bonds. The molecule has 0 bridgehead atoms. The lowest BCUT2D eigenvalue weighted by molar-refractivity contribution is 0.102. The van der Waals surface area contributed by atoms with E-state index in [9.17, 15) is 18.0 Å². The van der Waals surface area contributed by atoms with Crippen molar-refractivity contribution in [2.24, 2.45) is 0 Å². The lowest BCUT2D eigenvalue weighted by atomic mass is 10.1. The first-order valence-electron chi connectivity index (χ1n) is 8.90. The van der Waals surface area contributed by atoms with Gasteiger partial charge in [-0.1, -0.05) is 12.1 Å². The molecule has 0 fully saturated rings. The maximum atomic E-state index is 12.8. The van der Waals surface area contributed by atoms with Gasteiger partial charge in [0, 0.05) is 23.2 Å². The van der Waals surface area contributed by atoms with Crippen LogP contribution >= 0.6 is 11.3 Å². The SMILES string of the molecule is Cc1cnc(NC(=O)c2ccc(S(=O)(=O)c3ccc(CCNC(=O)O)cc3)cc2)s1. The summed E-state index contributed by atoms with van der Waals surface area (Å²) in [7, 11) is -3.74. The Labute approximate surface area is 177 Å². The zero-order valence-corrected chi connectivity index (χ0v) is 17.6. The highest BCUT2D eigenvalue weighted by molar-refractivity contribution is 7.91. The van der Waals surface area contributed by atoms with Crippen LogP contribution in [0.4, 0.5) is 9.93 Å². The number of carbonyl (C=O) groups is 2. The molecule has 1 aromatic heterocycles. The van der Waals surface area contributed by atoms with Crippen LogP contribution in [0.1, 0.15) is 20.8 Å². The fourth-order valence-corrected chi connectivity index (χ4v) is 4.57. The summed E-state index contributed by atoms with van der Waals surface area (Å²) in [6, 6.07) is 11.9. The molecule has 0 saturated carbocycles. The molecule has 3 rings (SSSR count). The summed E-state index contributed by atoms with van der Waals surface area (Å²) in [5.41, 5.74) is 1.13. The lowest BCUT2D eigenvalue weighted by Gasteiger charge is -2.08. The van der Waals surface area contributed by atoms with E-state index < -0.39 is 15.9 Å². The van der Waals surface area contributed by atoms with E-state index in [-0.39, 0.29) is 22.2 Å². The van der Waals surface area contributed by atoms with Crippen LogP contribution in [0, 0.1) is 6.92 Å². The Balaban J connectivity index is 1.70. The fourth-order valence-electron chi connectivity index (χ4n) is 2.65. The normalized spacial score (nSPS) is 11.1. The number of benzene rings is 2. The van der Waals surface area contributed by atoms with Gasteiger partial charge in [0.25, 0.3) is 5.91 Å². The van der Waals surface area contributed by atoms with Crippen molar-refractivity contribution in [3.05, 3.63) is 70.7 Å². The highest BCUT2D eigenvalue weighted by Gasteiger charge is 2.18. The van der Waals surface area contributed by atoms with Crippen molar-refractivity contribution in [3.8, 4) is 0 Å². The molecule has 3 N–H and O–H groups in total. The van der Waals surface area contributed by atoms with Crippen molar-refractivity contribution < 1.29 is 23.1 Å². The van der Waals surface area contributed by atoms with Gasteiger partial charge in [0.05, 0.1) is 9.79 Å². The average molecular weight is 446 g/mol. The average Bonchev–Trinajstić information content (AvgIpc) is 3.13. The summed E-state index contributed by atoms with van der Waals surface area (Å²) in [5.74, 6) is -0.368. The fraction of sp³-hybridized carbons (Fsp3) is 0.150. The topological polar surface area (TPSA) is 125 Å². The van der Waals surface area contributed by atoms with Gasteiger partial charge in [-0.25, -0.2) is 18.2 Å². The highest BCUT2D eigenvalue weighted by atomic mass is 32.2. The number of carboxylic acid groups (broad SMARTS) is 1. The van der Waals surface area contributed by atoms with Gasteiger partial charge in [0.15, 0.2) is 5.13 Å². The number of sulfone groups is 1. The standard InChI is InChI=1S/C20H19N3O5S2/c1-13-12-22-19(29-13)23-18(24)15-4-8-17(9-5-15)30(27,28)16-6-2-14(3-7-16)10-11-21-20(25)26/h2-9,12,21H,10-11H2,1H3,(H,25,26)(H,22,23,24). The van der Waals surface area contributed by atoms with E-state index in [4.69, 9.17) is 5.11 Å². The number of carbonyl (C=O) groups excluding carboxylic acids is 1. The molecule has 156 valence electrons. The summed E-state index contributed by atoms with van der Waals surface area (Å²) in [6.07, 6.45) is 1.01. The molecule has 0 saturated heterocycles. The number of thiazole rings is 1. The zero-order valence-electron chi connectivity index (χ0n) is 16.0. The van der Waals surface area contributed by atoms with E-state index in [0.29, 0.717) is 17.1 Å². The first kappa shape index (κ1) is 21.5. The van der Waals surface area contributed by atoms with Crippen molar-refractivity contribution in [2.45, 2.75) is 23.1 Å². The van der Waals surface area contributed by atoms with Gasteiger partial charge in [-0.2, -0.15) is 0 Å². The third-order valence-corrected chi connectivity index (χ3v) is 6.81. The van der Waals surface area contributed by atoms with Crippen molar-refractivity contribution in [3.63, 3.8) is 0 Å². The van der Waals surface area contributed by atoms with Gasteiger partial charge < -0.3 is 10.4 Å². The quantitative estimate of drug-likeness (QED) is 0.512. The van der Waals surface area contributed by atoms with E-state index in [1.807, 2.05) is 6.92 Å². The molecule has 10 heteroatoms. The highest BCUT2D eigenvalue weighted by Crippen LogP contribution is 2.23. The Morgan fingerprint density at radius 3 is 2.17 bits per heavy atom. The molecular formula is C20H19N3O5S2. The third-order valence-electron chi connectivity index (χ3n) is 4.19. The Kier molecular flexibility index (Phi) is 6.48. The predicted octanol–water partition coefficient (Wildman–Crippen LogP) is 3.35. The van der Waals surface area contributed by atoms with Gasteiger partial charge in [-0.15, -0.1) is 11.3 Å². The summed E-state index contributed by atoms with van der Waals surface area (Å²) in [4.78, 5) is 28.0. The van der Waals surface area contributed by atoms with Crippen LogP contribution < -0.4 is 10.6 Å².